The molecule has 1 aromatic heterocycles. The molecule has 0 amide bonds. The molecule has 2 N–H and O–H groups in total. The minimum Gasteiger partial charge on any atom is -0.330 e. The molecule has 1 aromatic rings. The van der Waals surface area contributed by atoms with Crippen LogP contribution in [0.25, 0.3) is 0 Å². The second-order valence-electron chi connectivity index (χ2n) is 4.87. The zero-order chi connectivity index (χ0) is 10.3. The van der Waals surface area contributed by atoms with E-state index < -0.39 is 0 Å². The fourth-order valence-corrected chi connectivity index (χ4v) is 2.63. The third-order valence-corrected chi connectivity index (χ3v) is 3.70. The lowest BCUT2D eigenvalue weighted by Gasteiger charge is -2.05. The lowest BCUT2D eigenvalue weighted by Crippen LogP contribution is -2.05. The van der Waals surface area contributed by atoms with Crippen molar-refractivity contribution in [1.29, 1.82) is 0 Å². The summed E-state index contributed by atoms with van der Waals surface area (Å²) in [5.41, 5.74) is 8.87. The highest BCUT2D eigenvalue weighted by atomic mass is 14.7. The van der Waals surface area contributed by atoms with Gasteiger partial charge in [0.2, 0.25) is 0 Å². The minimum atomic E-state index is 0.376. The largest absolute Gasteiger partial charge is 0.330 e. The van der Waals surface area contributed by atoms with Crippen molar-refractivity contribution in [3.05, 3.63) is 29.6 Å². The summed E-state index contributed by atoms with van der Waals surface area (Å²) in [6, 6.07) is 2.14. The van der Waals surface area contributed by atoms with E-state index in [1.807, 2.05) is 12.4 Å². The summed E-state index contributed by atoms with van der Waals surface area (Å²) < 4.78 is 0. The average molecular weight is 190 g/mol. The zero-order valence-corrected chi connectivity index (χ0v) is 9.12. The van der Waals surface area contributed by atoms with Crippen molar-refractivity contribution in [2.45, 2.75) is 26.7 Å². The van der Waals surface area contributed by atoms with Gasteiger partial charge in [0, 0.05) is 12.4 Å². The van der Waals surface area contributed by atoms with Gasteiger partial charge in [0.15, 0.2) is 0 Å². The number of aryl methyl sites for hydroxylation is 1. The second-order valence-corrected chi connectivity index (χ2v) is 4.87. The highest BCUT2D eigenvalue weighted by Crippen LogP contribution is 2.64. The SMILES string of the molecule is Cc1cnccc1[C@@H]1[C@@H](CN)C1(C)C. The molecular weight excluding hydrogens is 172 g/mol. The first-order valence-corrected chi connectivity index (χ1v) is 5.19. The van der Waals surface area contributed by atoms with Crippen LogP contribution in [-0.4, -0.2) is 11.5 Å². The van der Waals surface area contributed by atoms with Gasteiger partial charge < -0.3 is 5.73 Å². The number of pyridine rings is 1. The van der Waals surface area contributed by atoms with E-state index in [1.54, 1.807) is 0 Å². The van der Waals surface area contributed by atoms with E-state index in [4.69, 9.17) is 5.73 Å². The Balaban J connectivity index is 2.31. The monoisotopic (exact) mass is 190 g/mol. The van der Waals surface area contributed by atoms with E-state index >= 15 is 0 Å². The smallest absolute Gasteiger partial charge is 0.0299 e. The number of hydrogen-bond donors (Lipinski definition) is 1. The van der Waals surface area contributed by atoms with Gasteiger partial charge in [-0.05, 0) is 47.9 Å². The van der Waals surface area contributed by atoms with Gasteiger partial charge in [-0.25, -0.2) is 0 Å². The van der Waals surface area contributed by atoms with E-state index in [9.17, 15) is 0 Å². The Labute approximate surface area is 85.5 Å². The molecule has 1 aliphatic carbocycles. The van der Waals surface area contributed by atoms with Crippen molar-refractivity contribution >= 4 is 0 Å². The molecule has 0 aliphatic heterocycles. The van der Waals surface area contributed by atoms with Crippen LogP contribution >= 0.6 is 0 Å². The van der Waals surface area contributed by atoms with Crippen LogP contribution in [-0.2, 0) is 0 Å². The van der Waals surface area contributed by atoms with Crippen LogP contribution in [0, 0.1) is 18.3 Å². The predicted molar refractivity (Wildman–Crippen MR) is 58.0 cm³/mol. The van der Waals surface area contributed by atoms with Crippen LogP contribution in [0.15, 0.2) is 18.5 Å². The molecule has 2 nitrogen and oxygen atoms in total. The lowest BCUT2D eigenvalue weighted by atomic mass is 10.0. The number of nitrogens with two attached hydrogens (primary N) is 1. The first-order valence-electron chi connectivity index (χ1n) is 5.19. The highest BCUT2D eigenvalue weighted by Gasteiger charge is 2.57. The van der Waals surface area contributed by atoms with E-state index in [1.165, 1.54) is 11.1 Å². The van der Waals surface area contributed by atoms with Crippen molar-refractivity contribution < 1.29 is 0 Å². The molecule has 0 unspecified atom stereocenters. The molecule has 2 atom stereocenters. The van der Waals surface area contributed by atoms with Gasteiger partial charge in [-0.2, -0.15) is 0 Å². The van der Waals surface area contributed by atoms with Gasteiger partial charge in [-0.15, -0.1) is 0 Å². The first kappa shape index (κ1) is 9.66. The van der Waals surface area contributed by atoms with Gasteiger partial charge in [-0.3, -0.25) is 4.98 Å². The Morgan fingerprint density at radius 1 is 1.50 bits per heavy atom. The van der Waals surface area contributed by atoms with Crippen LogP contribution in [0.1, 0.15) is 30.9 Å². The van der Waals surface area contributed by atoms with Gasteiger partial charge in [0.25, 0.3) is 0 Å². The van der Waals surface area contributed by atoms with E-state index in [2.05, 4.69) is 31.8 Å². The van der Waals surface area contributed by atoms with E-state index in [-0.39, 0.29) is 0 Å². The number of rotatable bonds is 2. The number of hydrogen-bond acceptors (Lipinski definition) is 2. The summed E-state index contributed by atoms with van der Waals surface area (Å²) in [4.78, 5) is 4.12. The Bertz CT molecular complexity index is 344. The molecule has 0 aromatic carbocycles. The molecule has 1 saturated carbocycles. The Morgan fingerprint density at radius 2 is 2.21 bits per heavy atom. The molecule has 1 heterocycles. The van der Waals surface area contributed by atoms with Crippen LogP contribution in [0.4, 0.5) is 0 Å². The summed E-state index contributed by atoms with van der Waals surface area (Å²) in [5.74, 6) is 1.28. The molecule has 1 aliphatic rings. The molecule has 2 heteroatoms. The minimum absolute atomic E-state index is 0.376. The van der Waals surface area contributed by atoms with Crippen molar-refractivity contribution in [2.75, 3.05) is 6.54 Å². The molecule has 0 bridgehead atoms. The fourth-order valence-electron chi connectivity index (χ4n) is 2.63. The van der Waals surface area contributed by atoms with Crippen LogP contribution in [0.5, 0.6) is 0 Å². The third-order valence-electron chi connectivity index (χ3n) is 3.70. The van der Waals surface area contributed by atoms with E-state index in [0.29, 0.717) is 17.3 Å². The second kappa shape index (κ2) is 3.06. The maximum atomic E-state index is 5.77. The number of nitrogens with zero attached hydrogens (tertiary/aromatic N) is 1. The molecule has 2 rings (SSSR count). The van der Waals surface area contributed by atoms with Crippen molar-refractivity contribution in [3.8, 4) is 0 Å². The Hall–Kier alpha value is -0.890. The molecule has 14 heavy (non-hydrogen) atoms. The summed E-state index contributed by atoms with van der Waals surface area (Å²) >= 11 is 0. The third kappa shape index (κ3) is 1.25. The Kier molecular flexibility index (Phi) is 2.11. The van der Waals surface area contributed by atoms with Gasteiger partial charge in [0.05, 0.1) is 0 Å². The summed E-state index contributed by atoms with van der Waals surface area (Å²) in [5, 5.41) is 0. The standard InChI is InChI=1S/C12H18N2/c1-8-7-14-5-4-9(8)11-10(6-13)12(11,2)3/h4-5,7,10-11H,6,13H2,1-3H3/t10-,11-/m1/s1. The van der Waals surface area contributed by atoms with Crippen LogP contribution in [0.3, 0.4) is 0 Å². The first-order chi connectivity index (χ1) is 6.59. The van der Waals surface area contributed by atoms with Crippen LogP contribution in [0.2, 0.25) is 0 Å². The molecular formula is C12H18N2. The molecule has 0 spiro atoms. The average Bonchev–Trinajstić information content (AvgIpc) is 2.69. The van der Waals surface area contributed by atoms with Crippen LogP contribution < -0.4 is 5.73 Å². The molecule has 76 valence electrons. The lowest BCUT2D eigenvalue weighted by molar-refractivity contribution is 0.558. The maximum Gasteiger partial charge on any atom is 0.0299 e. The Morgan fingerprint density at radius 3 is 2.71 bits per heavy atom. The summed E-state index contributed by atoms with van der Waals surface area (Å²) in [6.07, 6.45) is 3.82. The van der Waals surface area contributed by atoms with Gasteiger partial charge in [-0.1, -0.05) is 13.8 Å². The molecule has 1 fully saturated rings. The van der Waals surface area contributed by atoms with Crippen molar-refractivity contribution in [3.63, 3.8) is 0 Å². The quantitative estimate of drug-likeness (QED) is 0.775. The van der Waals surface area contributed by atoms with Crippen molar-refractivity contribution in [2.24, 2.45) is 17.1 Å². The summed E-state index contributed by atoms with van der Waals surface area (Å²) in [6.45, 7) is 7.52. The topological polar surface area (TPSA) is 38.9 Å². The normalized spacial score (nSPS) is 28.9. The van der Waals surface area contributed by atoms with Crippen molar-refractivity contribution in [1.82, 2.24) is 4.98 Å². The number of aromatic nitrogens is 1. The van der Waals surface area contributed by atoms with Gasteiger partial charge in [0.1, 0.15) is 0 Å². The molecule has 0 saturated heterocycles. The maximum absolute atomic E-state index is 5.77. The van der Waals surface area contributed by atoms with E-state index in [0.717, 1.165) is 6.54 Å². The van der Waals surface area contributed by atoms with Gasteiger partial charge >= 0.3 is 0 Å². The molecule has 0 radical (unpaired) electrons. The summed E-state index contributed by atoms with van der Waals surface area (Å²) in [7, 11) is 0. The zero-order valence-electron chi connectivity index (χ0n) is 9.12. The highest BCUT2D eigenvalue weighted by molar-refractivity contribution is 5.35. The predicted octanol–water partition coefficient (Wildman–Crippen LogP) is 2.09. The fraction of sp³-hybridized carbons (Fsp3) is 0.583.